The van der Waals surface area contributed by atoms with Gasteiger partial charge in [0.2, 0.25) is 0 Å². The van der Waals surface area contributed by atoms with E-state index in [1.165, 1.54) is 6.07 Å². The van der Waals surface area contributed by atoms with Gasteiger partial charge in [-0.1, -0.05) is 39.0 Å². The van der Waals surface area contributed by atoms with Crippen LogP contribution in [0.4, 0.5) is 11.4 Å². The van der Waals surface area contributed by atoms with Crippen molar-refractivity contribution in [1.82, 2.24) is 0 Å². The van der Waals surface area contributed by atoms with Gasteiger partial charge in [0.05, 0.1) is 4.92 Å². The molecule has 1 rings (SSSR count). The van der Waals surface area contributed by atoms with Crippen LogP contribution >= 0.6 is 11.8 Å². The summed E-state index contributed by atoms with van der Waals surface area (Å²) >= 11 is 1.63. The van der Waals surface area contributed by atoms with Crippen LogP contribution in [0.2, 0.25) is 0 Å². The lowest BCUT2D eigenvalue weighted by atomic mass is 10.2. The molecule has 1 aromatic rings. The first-order chi connectivity index (χ1) is 10.6. The molecule has 0 bridgehead atoms. The summed E-state index contributed by atoms with van der Waals surface area (Å²) < 4.78 is 0. The van der Waals surface area contributed by atoms with Crippen LogP contribution in [0.3, 0.4) is 0 Å². The van der Waals surface area contributed by atoms with Gasteiger partial charge in [-0.2, -0.15) is 0 Å². The molecule has 4 nitrogen and oxygen atoms in total. The molecule has 1 N–H and O–H groups in total. The van der Waals surface area contributed by atoms with E-state index in [1.54, 1.807) is 23.9 Å². The number of rotatable bonds is 7. The van der Waals surface area contributed by atoms with Crippen molar-refractivity contribution in [2.24, 2.45) is 0 Å². The highest BCUT2D eigenvalue weighted by atomic mass is 32.2. The summed E-state index contributed by atoms with van der Waals surface area (Å²) in [6, 6.07) is 5.09. The molecule has 0 aliphatic heterocycles. The smallest absolute Gasteiger partial charge is 0.292 e. The third kappa shape index (κ3) is 7.31. The summed E-state index contributed by atoms with van der Waals surface area (Å²) in [5.41, 5.74) is 1.67. The summed E-state index contributed by atoms with van der Waals surface area (Å²) in [5.74, 6) is 0. The number of anilines is 1. The van der Waals surface area contributed by atoms with Crippen LogP contribution in [0.5, 0.6) is 0 Å². The molecule has 122 valence electrons. The number of hydrogen-bond donors (Lipinski definition) is 1. The third-order valence-electron chi connectivity index (χ3n) is 2.68. The minimum absolute atomic E-state index is 0.111. The lowest BCUT2D eigenvalue weighted by molar-refractivity contribution is -0.384. The summed E-state index contributed by atoms with van der Waals surface area (Å²) in [5, 5.41) is 16.2. The molecular weight excluding hydrogens is 296 g/mol. The van der Waals surface area contributed by atoms with Gasteiger partial charge in [-0.3, -0.25) is 10.1 Å². The number of thioether (sulfide) groups is 1. The number of hydrogen-bond acceptors (Lipinski definition) is 4. The Morgan fingerprint density at radius 2 is 2.09 bits per heavy atom. The Kier molecular flexibility index (Phi) is 10.9. The third-order valence-corrected chi connectivity index (χ3v) is 3.69. The largest absolute Gasteiger partial charge is 0.375 e. The van der Waals surface area contributed by atoms with E-state index in [2.05, 4.69) is 18.3 Å². The van der Waals surface area contributed by atoms with Crippen molar-refractivity contribution in [3.8, 4) is 0 Å². The molecule has 0 aliphatic carbocycles. The van der Waals surface area contributed by atoms with Gasteiger partial charge in [0.25, 0.3) is 5.69 Å². The van der Waals surface area contributed by atoms with E-state index in [-0.39, 0.29) is 10.6 Å². The number of nitrogens with one attached hydrogen (secondary N) is 1. The number of aryl methyl sites for hydroxylation is 1. The zero-order valence-electron chi connectivity index (χ0n) is 14.1. The number of nitro benzene ring substituents is 1. The molecule has 0 aliphatic rings. The maximum Gasteiger partial charge on any atom is 0.292 e. The Bertz CT molecular complexity index is 525. The molecule has 0 saturated heterocycles. The number of nitro groups is 1. The normalized spacial score (nSPS) is 11.0. The molecule has 0 spiro atoms. The summed E-state index contributed by atoms with van der Waals surface area (Å²) in [6.07, 6.45) is 5.10. The number of nitrogens with zero attached hydrogens (tertiary/aromatic N) is 1. The first-order valence-electron chi connectivity index (χ1n) is 7.54. The van der Waals surface area contributed by atoms with Crippen molar-refractivity contribution in [3.63, 3.8) is 0 Å². The van der Waals surface area contributed by atoms with Gasteiger partial charge in [-0.15, -0.1) is 11.8 Å². The van der Waals surface area contributed by atoms with Crippen LogP contribution in [-0.4, -0.2) is 11.5 Å². The van der Waals surface area contributed by atoms with E-state index < -0.39 is 0 Å². The maximum atomic E-state index is 11.0. The van der Waals surface area contributed by atoms with E-state index in [0.717, 1.165) is 16.9 Å². The van der Waals surface area contributed by atoms with E-state index >= 15 is 0 Å². The van der Waals surface area contributed by atoms with Gasteiger partial charge in [0.1, 0.15) is 5.69 Å². The molecule has 0 amide bonds. The van der Waals surface area contributed by atoms with Crippen LogP contribution in [-0.2, 0) is 0 Å². The second-order valence-corrected chi connectivity index (χ2v) is 5.32. The summed E-state index contributed by atoms with van der Waals surface area (Å²) in [7, 11) is 0. The molecule has 0 atom stereocenters. The van der Waals surface area contributed by atoms with Crippen LogP contribution in [0.25, 0.3) is 0 Å². The van der Waals surface area contributed by atoms with E-state index in [4.69, 9.17) is 0 Å². The van der Waals surface area contributed by atoms with Gasteiger partial charge >= 0.3 is 0 Å². The fourth-order valence-electron chi connectivity index (χ4n) is 1.58. The lowest BCUT2D eigenvalue weighted by Crippen LogP contribution is -2.05. The monoisotopic (exact) mass is 322 g/mol. The second-order valence-electron chi connectivity index (χ2n) is 4.28. The molecule has 0 heterocycles. The Hall–Kier alpha value is -1.75. The Morgan fingerprint density at radius 1 is 1.41 bits per heavy atom. The van der Waals surface area contributed by atoms with Crippen molar-refractivity contribution >= 4 is 23.1 Å². The lowest BCUT2D eigenvalue weighted by Gasteiger charge is -2.09. The minimum Gasteiger partial charge on any atom is -0.375 e. The first-order valence-corrected chi connectivity index (χ1v) is 8.42. The maximum absolute atomic E-state index is 11.0. The van der Waals surface area contributed by atoms with Crippen LogP contribution in [0.15, 0.2) is 40.7 Å². The quantitative estimate of drug-likeness (QED) is 0.501. The number of allylic oxidation sites excluding steroid dienone is 2. The van der Waals surface area contributed by atoms with Crippen LogP contribution in [0, 0.1) is 17.0 Å². The predicted molar refractivity (Wildman–Crippen MR) is 98.5 cm³/mol. The molecule has 1 aromatic carbocycles. The zero-order chi connectivity index (χ0) is 17.0. The SMILES string of the molecule is C/C=C(/CNc1cc(C)ccc1[N+](=O)[O-])S/C=C/CC.CC. The first kappa shape index (κ1) is 20.2. The Balaban J connectivity index is 0.00000211. The molecule has 0 aromatic heterocycles. The summed E-state index contributed by atoms with van der Waals surface area (Å²) in [4.78, 5) is 11.8. The Labute approximate surface area is 137 Å². The molecular formula is C17H26N2O2S. The Morgan fingerprint density at radius 3 is 2.64 bits per heavy atom. The predicted octanol–water partition coefficient (Wildman–Crippen LogP) is 5.90. The molecule has 5 heteroatoms. The topological polar surface area (TPSA) is 55.2 Å². The van der Waals surface area contributed by atoms with Crippen LogP contribution in [0.1, 0.15) is 39.7 Å². The molecule has 0 unspecified atom stereocenters. The van der Waals surface area contributed by atoms with Crippen molar-refractivity contribution < 1.29 is 4.92 Å². The molecule has 0 fully saturated rings. The fraction of sp³-hybridized carbons (Fsp3) is 0.412. The molecule has 0 radical (unpaired) electrons. The highest BCUT2D eigenvalue weighted by molar-refractivity contribution is 8.05. The highest BCUT2D eigenvalue weighted by Crippen LogP contribution is 2.26. The number of benzene rings is 1. The van der Waals surface area contributed by atoms with Gasteiger partial charge in [0.15, 0.2) is 0 Å². The fourth-order valence-corrected chi connectivity index (χ4v) is 2.33. The van der Waals surface area contributed by atoms with E-state index in [0.29, 0.717) is 12.2 Å². The van der Waals surface area contributed by atoms with Gasteiger partial charge in [0, 0.05) is 17.5 Å². The minimum atomic E-state index is -0.360. The van der Waals surface area contributed by atoms with Crippen molar-refractivity contribution in [1.29, 1.82) is 0 Å². The van der Waals surface area contributed by atoms with E-state index in [9.17, 15) is 10.1 Å². The van der Waals surface area contributed by atoms with E-state index in [1.807, 2.05) is 39.2 Å². The molecule has 22 heavy (non-hydrogen) atoms. The van der Waals surface area contributed by atoms with Gasteiger partial charge in [-0.05, 0) is 37.3 Å². The zero-order valence-corrected chi connectivity index (χ0v) is 14.9. The van der Waals surface area contributed by atoms with Crippen molar-refractivity contribution in [3.05, 3.63) is 56.3 Å². The van der Waals surface area contributed by atoms with Gasteiger partial charge in [-0.25, -0.2) is 0 Å². The average Bonchev–Trinajstić information content (AvgIpc) is 2.52. The van der Waals surface area contributed by atoms with Gasteiger partial charge < -0.3 is 5.32 Å². The molecule has 0 saturated carbocycles. The standard InChI is InChI=1S/C15H20N2O2S.C2H6/c1-4-6-9-20-13(5-2)11-16-14-10-12(3)7-8-15(14)17(18)19;1-2/h5-10,16H,4,11H2,1-3H3;1-2H3/b9-6+,13-5-;. The summed E-state index contributed by atoms with van der Waals surface area (Å²) in [6.45, 7) is 10.6. The van der Waals surface area contributed by atoms with Crippen LogP contribution < -0.4 is 5.32 Å². The van der Waals surface area contributed by atoms with Crippen molar-refractivity contribution in [2.75, 3.05) is 11.9 Å². The second kappa shape index (κ2) is 11.9. The van der Waals surface area contributed by atoms with Crippen molar-refractivity contribution in [2.45, 2.75) is 41.0 Å². The average molecular weight is 322 g/mol. The highest BCUT2D eigenvalue weighted by Gasteiger charge is 2.13.